The SMILES string of the molecule is C[N+]1(Cn2nnc3ccccc32)CCCC1.Cc1ccc(S(=O)(=O)[O-])cc1. The quantitative estimate of drug-likeness (QED) is 0.508. The molecule has 0 N–H and O–H groups in total. The Balaban J connectivity index is 0.000000168. The summed E-state index contributed by atoms with van der Waals surface area (Å²) < 4.78 is 34.3. The fourth-order valence-electron chi connectivity index (χ4n) is 3.29. The molecule has 2 heterocycles. The van der Waals surface area contributed by atoms with Crippen LogP contribution in [0.5, 0.6) is 0 Å². The fourth-order valence-corrected chi connectivity index (χ4v) is 3.76. The van der Waals surface area contributed by atoms with Crippen molar-refractivity contribution in [2.45, 2.75) is 31.3 Å². The predicted molar refractivity (Wildman–Crippen MR) is 102 cm³/mol. The molecule has 0 bridgehead atoms. The average molecular weight is 388 g/mol. The van der Waals surface area contributed by atoms with E-state index < -0.39 is 10.1 Å². The summed E-state index contributed by atoms with van der Waals surface area (Å²) in [6, 6.07) is 13.9. The normalized spacial score (nSPS) is 16.1. The molecule has 4 rings (SSSR count). The predicted octanol–water partition coefficient (Wildman–Crippen LogP) is 2.53. The lowest BCUT2D eigenvalue weighted by atomic mass is 10.2. The maximum Gasteiger partial charge on any atom is 0.176 e. The Morgan fingerprint density at radius 3 is 2.33 bits per heavy atom. The van der Waals surface area contributed by atoms with Crippen LogP contribution >= 0.6 is 0 Å². The highest BCUT2D eigenvalue weighted by molar-refractivity contribution is 7.85. The monoisotopic (exact) mass is 388 g/mol. The van der Waals surface area contributed by atoms with E-state index in [0.717, 1.165) is 27.7 Å². The summed E-state index contributed by atoms with van der Waals surface area (Å²) in [7, 11) is -1.96. The van der Waals surface area contributed by atoms with Crippen molar-refractivity contribution in [1.29, 1.82) is 0 Å². The van der Waals surface area contributed by atoms with Gasteiger partial charge >= 0.3 is 0 Å². The van der Waals surface area contributed by atoms with Gasteiger partial charge < -0.3 is 9.04 Å². The Hall–Kier alpha value is -2.29. The molecular formula is C19H24N4O3S. The number of nitrogens with zero attached hydrogens (tertiary/aromatic N) is 4. The van der Waals surface area contributed by atoms with Gasteiger partial charge in [0.25, 0.3) is 0 Å². The lowest BCUT2D eigenvalue weighted by molar-refractivity contribution is -0.919. The van der Waals surface area contributed by atoms with Crippen LogP contribution in [0, 0.1) is 6.92 Å². The van der Waals surface area contributed by atoms with Crippen LogP contribution < -0.4 is 0 Å². The summed E-state index contributed by atoms with van der Waals surface area (Å²) in [5, 5.41) is 8.45. The molecule has 1 aliphatic rings. The number of benzene rings is 2. The molecule has 0 aliphatic carbocycles. The second kappa shape index (κ2) is 7.75. The molecule has 0 saturated carbocycles. The van der Waals surface area contributed by atoms with Gasteiger partial charge in [0.15, 0.2) is 6.67 Å². The molecule has 3 aromatic rings. The Kier molecular flexibility index (Phi) is 5.59. The zero-order chi connectivity index (χ0) is 19.5. The number of quaternary nitrogens is 1. The van der Waals surface area contributed by atoms with Crippen LogP contribution in [-0.2, 0) is 16.8 Å². The van der Waals surface area contributed by atoms with Crippen LogP contribution in [-0.4, -0.2) is 52.6 Å². The molecule has 1 fully saturated rings. The highest BCUT2D eigenvalue weighted by Crippen LogP contribution is 2.19. The van der Waals surface area contributed by atoms with E-state index in [-0.39, 0.29) is 4.90 Å². The molecule has 8 heteroatoms. The van der Waals surface area contributed by atoms with Gasteiger partial charge in [-0.3, -0.25) is 0 Å². The molecule has 0 radical (unpaired) electrons. The first-order valence-electron chi connectivity index (χ1n) is 8.91. The number of hydrogen-bond acceptors (Lipinski definition) is 5. The summed E-state index contributed by atoms with van der Waals surface area (Å²) in [6.45, 7) is 5.28. The van der Waals surface area contributed by atoms with E-state index in [1.54, 1.807) is 12.1 Å². The van der Waals surface area contributed by atoms with Crippen molar-refractivity contribution >= 4 is 21.2 Å². The number of rotatable bonds is 3. The minimum Gasteiger partial charge on any atom is -0.744 e. The van der Waals surface area contributed by atoms with E-state index in [9.17, 15) is 13.0 Å². The third kappa shape index (κ3) is 4.91. The molecule has 2 aromatic carbocycles. The molecule has 0 atom stereocenters. The molecule has 0 unspecified atom stereocenters. The summed E-state index contributed by atoms with van der Waals surface area (Å²) >= 11 is 0. The Morgan fingerprint density at radius 1 is 1.07 bits per heavy atom. The Bertz CT molecular complexity index is 1010. The first kappa shape index (κ1) is 19.5. The molecule has 0 spiro atoms. The van der Waals surface area contributed by atoms with Gasteiger partial charge in [-0.2, -0.15) is 4.68 Å². The maximum absolute atomic E-state index is 10.4. The molecular weight excluding hydrogens is 364 g/mol. The molecule has 144 valence electrons. The van der Waals surface area contributed by atoms with Gasteiger partial charge in [0.1, 0.15) is 15.6 Å². The van der Waals surface area contributed by atoms with Gasteiger partial charge in [0.05, 0.1) is 30.5 Å². The minimum atomic E-state index is -4.27. The van der Waals surface area contributed by atoms with Gasteiger partial charge in [-0.05, 0) is 31.2 Å². The standard InChI is InChI=1S/C12H17N4.C7H8O3S/c1-16(8-4-5-9-16)10-15-12-7-3-2-6-11(12)13-14-15;1-6-2-4-7(5-3-6)11(8,9)10/h2-3,6-7H,4-5,8-10H2,1H3;2-5H,1H3,(H,8,9,10)/q+1;/p-1. The van der Waals surface area contributed by atoms with Gasteiger partial charge in [0.2, 0.25) is 0 Å². The second-order valence-electron chi connectivity index (χ2n) is 7.26. The minimum absolute atomic E-state index is 0.178. The van der Waals surface area contributed by atoms with E-state index in [0.29, 0.717) is 0 Å². The van der Waals surface area contributed by atoms with E-state index in [1.165, 1.54) is 38.1 Å². The zero-order valence-electron chi connectivity index (χ0n) is 15.6. The highest BCUT2D eigenvalue weighted by atomic mass is 32.2. The van der Waals surface area contributed by atoms with Crippen molar-refractivity contribution in [2.24, 2.45) is 0 Å². The van der Waals surface area contributed by atoms with E-state index in [1.807, 2.05) is 29.8 Å². The average Bonchev–Trinajstić information content (AvgIpc) is 3.22. The van der Waals surface area contributed by atoms with Crippen molar-refractivity contribution in [3.8, 4) is 0 Å². The van der Waals surface area contributed by atoms with Gasteiger partial charge in [-0.25, -0.2) is 8.42 Å². The number of hydrogen-bond donors (Lipinski definition) is 0. The molecule has 1 saturated heterocycles. The van der Waals surface area contributed by atoms with Gasteiger partial charge in [-0.15, -0.1) is 5.10 Å². The van der Waals surface area contributed by atoms with E-state index in [4.69, 9.17) is 0 Å². The van der Waals surface area contributed by atoms with Crippen LogP contribution in [0.3, 0.4) is 0 Å². The lowest BCUT2D eigenvalue weighted by Gasteiger charge is -2.28. The van der Waals surface area contributed by atoms with Gasteiger partial charge in [-0.1, -0.05) is 35.0 Å². The number of aromatic nitrogens is 3. The van der Waals surface area contributed by atoms with Crippen LogP contribution in [0.2, 0.25) is 0 Å². The van der Waals surface area contributed by atoms with Crippen LogP contribution in [0.15, 0.2) is 53.4 Å². The third-order valence-electron chi connectivity index (χ3n) is 4.85. The number of aryl methyl sites for hydroxylation is 1. The molecule has 27 heavy (non-hydrogen) atoms. The Morgan fingerprint density at radius 2 is 1.70 bits per heavy atom. The molecule has 7 nitrogen and oxygen atoms in total. The van der Waals surface area contributed by atoms with Crippen molar-refractivity contribution < 1.29 is 17.5 Å². The largest absolute Gasteiger partial charge is 0.744 e. The number of para-hydroxylation sites is 1. The lowest BCUT2D eigenvalue weighted by Crippen LogP contribution is -2.42. The zero-order valence-corrected chi connectivity index (χ0v) is 16.4. The smallest absolute Gasteiger partial charge is 0.176 e. The topological polar surface area (TPSA) is 87.9 Å². The molecule has 0 amide bonds. The van der Waals surface area contributed by atoms with Crippen LogP contribution in [0.25, 0.3) is 11.0 Å². The molecule has 1 aliphatic heterocycles. The fraction of sp³-hybridized carbons (Fsp3) is 0.368. The summed E-state index contributed by atoms with van der Waals surface area (Å²) in [4.78, 5) is -0.178. The van der Waals surface area contributed by atoms with E-state index >= 15 is 0 Å². The third-order valence-corrected chi connectivity index (χ3v) is 5.70. The van der Waals surface area contributed by atoms with Crippen molar-refractivity contribution in [3.63, 3.8) is 0 Å². The first-order valence-corrected chi connectivity index (χ1v) is 10.3. The summed E-state index contributed by atoms with van der Waals surface area (Å²) in [6.07, 6.45) is 2.67. The first-order chi connectivity index (χ1) is 12.8. The van der Waals surface area contributed by atoms with Crippen LogP contribution in [0.1, 0.15) is 18.4 Å². The summed E-state index contributed by atoms with van der Waals surface area (Å²) in [5.74, 6) is 0. The number of likely N-dealkylation sites (tertiary alicyclic amines) is 1. The second-order valence-corrected chi connectivity index (χ2v) is 8.64. The van der Waals surface area contributed by atoms with E-state index in [2.05, 4.69) is 23.4 Å². The van der Waals surface area contributed by atoms with Gasteiger partial charge in [0, 0.05) is 12.8 Å². The van der Waals surface area contributed by atoms with Crippen molar-refractivity contribution in [2.75, 3.05) is 20.1 Å². The van der Waals surface area contributed by atoms with Crippen molar-refractivity contribution in [1.82, 2.24) is 15.0 Å². The van der Waals surface area contributed by atoms with Crippen molar-refractivity contribution in [3.05, 3.63) is 54.1 Å². The summed E-state index contributed by atoms with van der Waals surface area (Å²) in [5.41, 5.74) is 3.07. The molecule has 1 aromatic heterocycles. The highest BCUT2D eigenvalue weighted by Gasteiger charge is 2.28. The maximum atomic E-state index is 10.4. The number of fused-ring (bicyclic) bond motifs is 1. The Labute approximate surface area is 159 Å². The van der Waals surface area contributed by atoms with Crippen LogP contribution in [0.4, 0.5) is 0 Å².